The molecule has 0 aliphatic heterocycles. The van der Waals surface area contributed by atoms with Gasteiger partial charge >= 0.3 is 0 Å². The lowest BCUT2D eigenvalue weighted by molar-refractivity contribution is 0.287. The molecule has 0 unspecified atom stereocenters. The van der Waals surface area contributed by atoms with Gasteiger partial charge in [0.15, 0.2) is 5.16 Å². The highest BCUT2D eigenvalue weighted by molar-refractivity contribution is 7.99. The molecule has 0 aliphatic rings. The average Bonchev–Trinajstić information content (AvgIpc) is 2.13. The van der Waals surface area contributed by atoms with Crippen molar-refractivity contribution < 1.29 is 5.11 Å². The molecular weight excluding hydrogens is 186 g/mol. The summed E-state index contributed by atoms with van der Waals surface area (Å²) in [5.41, 5.74) is 5.48. The van der Waals surface area contributed by atoms with E-state index < -0.39 is 0 Å². The van der Waals surface area contributed by atoms with Crippen molar-refractivity contribution in [3.05, 3.63) is 12.3 Å². The number of aromatic nitrogens is 2. The predicted molar refractivity (Wildman–Crippen MR) is 53.5 cm³/mol. The highest BCUT2D eigenvalue weighted by Gasteiger charge is 1.96. The molecule has 0 aromatic carbocycles. The van der Waals surface area contributed by atoms with Crippen molar-refractivity contribution in [3.8, 4) is 0 Å². The first-order valence-corrected chi connectivity index (χ1v) is 5.13. The molecule has 0 saturated heterocycles. The third-order valence-electron chi connectivity index (χ3n) is 1.44. The third-order valence-corrected chi connectivity index (χ3v) is 2.39. The normalized spacial score (nSPS) is 10.2. The van der Waals surface area contributed by atoms with Gasteiger partial charge in [-0.05, 0) is 18.9 Å². The van der Waals surface area contributed by atoms with Crippen LogP contribution in [0.15, 0.2) is 17.4 Å². The Morgan fingerprint density at radius 1 is 1.46 bits per heavy atom. The highest BCUT2D eigenvalue weighted by Crippen LogP contribution is 2.14. The first kappa shape index (κ1) is 10.3. The Labute approximate surface area is 81.6 Å². The van der Waals surface area contributed by atoms with E-state index in [1.807, 2.05) is 0 Å². The number of nitrogen functional groups attached to an aromatic ring is 1. The molecule has 1 aromatic heterocycles. The number of hydrogen-bond acceptors (Lipinski definition) is 5. The van der Waals surface area contributed by atoms with Crippen molar-refractivity contribution in [3.63, 3.8) is 0 Å². The van der Waals surface area contributed by atoms with E-state index in [0.29, 0.717) is 11.0 Å². The second-order valence-electron chi connectivity index (χ2n) is 2.54. The van der Waals surface area contributed by atoms with Crippen LogP contribution in [0.3, 0.4) is 0 Å². The smallest absolute Gasteiger partial charge is 0.189 e. The number of anilines is 1. The maximum atomic E-state index is 8.55. The van der Waals surface area contributed by atoms with Crippen LogP contribution in [0.25, 0.3) is 0 Å². The molecule has 0 amide bonds. The number of hydrogen-bond donors (Lipinski definition) is 2. The number of aliphatic hydroxyl groups is 1. The van der Waals surface area contributed by atoms with Crippen LogP contribution in [0, 0.1) is 0 Å². The van der Waals surface area contributed by atoms with Crippen molar-refractivity contribution in [2.24, 2.45) is 0 Å². The van der Waals surface area contributed by atoms with Crippen LogP contribution in [0.1, 0.15) is 12.8 Å². The second-order valence-corrected chi connectivity index (χ2v) is 3.61. The summed E-state index contributed by atoms with van der Waals surface area (Å²) in [7, 11) is 0. The summed E-state index contributed by atoms with van der Waals surface area (Å²) in [6, 6.07) is 1.66. The predicted octanol–water partition coefficient (Wildman–Crippen LogP) is 0.923. The van der Waals surface area contributed by atoms with E-state index in [9.17, 15) is 0 Å². The third kappa shape index (κ3) is 4.10. The lowest BCUT2D eigenvalue weighted by atomic mass is 10.4. The van der Waals surface area contributed by atoms with Gasteiger partial charge in [-0.15, -0.1) is 0 Å². The number of unbranched alkanes of at least 4 members (excludes halogenated alkanes) is 1. The van der Waals surface area contributed by atoms with Crippen LogP contribution in [-0.2, 0) is 0 Å². The second kappa shape index (κ2) is 5.77. The van der Waals surface area contributed by atoms with Crippen molar-refractivity contribution >= 4 is 17.6 Å². The number of thioether (sulfide) groups is 1. The minimum atomic E-state index is 0.248. The van der Waals surface area contributed by atoms with Gasteiger partial charge in [0.05, 0.1) is 0 Å². The fraction of sp³-hybridized carbons (Fsp3) is 0.500. The van der Waals surface area contributed by atoms with E-state index in [1.54, 1.807) is 24.0 Å². The Morgan fingerprint density at radius 3 is 3.00 bits per heavy atom. The van der Waals surface area contributed by atoms with Crippen LogP contribution < -0.4 is 5.73 Å². The van der Waals surface area contributed by atoms with Gasteiger partial charge < -0.3 is 10.8 Å². The summed E-state index contributed by atoms with van der Waals surface area (Å²) in [6.07, 6.45) is 3.45. The van der Waals surface area contributed by atoms with Gasteiger partial charge in [-0.2, -0.15) is 0 Å². The summed E-state index contributed by atoms with van der Waals surface area (Å²) in [5.74, 6) is 1.42. The summed E-state index contributed by atoms with van der Waals surface area (Å²) >= 11 is 1.56. The minimum absolute atomic E-state index is 0.248. The molecule has 0 spiro atoms. The number of nitrogens with two attached hydrogens (primary N) is 1. The van der Waals surface area contributed by atoms with Crippen molar-refractivity contribution in [2.45, 2.75) is 18.0 Å². The SMILES string of the molecule is Nc1ccnc(SCCCCO)n1. The van der Waals surface area contributed by atoms with Gasteiger partial charge in [0.2, 0.25) is 0 Å². The molecule has 1 rings (SSSR count). The van der Waals surface area contributed by atoms with E-state index >= 15 is 0 Å². The molecule has 0 saturated carbocycles. The molecule has 5 heteroatoms. The molecule has 13 heavy (non-hydrogen) atoms. The quantitative estimate of drug-likeness (QED) is 0.419. The van der Waals surface area contributed by atoms with Gasteiger partial charge in [-0.25, -0.2) is 9.97 Å². The van der Waals surface area contributed by atoms with Crippen LogP contribution in [0.5, 0.6) is 0 Å². The fourth-order valence-electron chi connectivity index (χ4n) is 0.801. The van der Waals surface area contributed by atoms with Crippen LogP contribution in [0.4, 0.5) is 5.82 Å². The summed E-state index contributed by atoms with van der Waals surface area (Å²) < 4.78 is 0. The van der Waals surface area contributed by atoms with Crippen LogP contribution in [-0.4, -0.2) is 27.4 Å². The molecule has 0 radical (unpaired) electrons. The Hall–Kier alpha value is -0.810. The number of aliphatic hydroxyl groups excluding tert-OH is 1. The average molecular weight is 199 g/mol. The monoisotopic (exact) mass is 199 g/mol. The summed E-state index contributed by atoms with van der Waals surface area (Å²) in [5, 5.41) is 9.25. The minimum Gasteiger partial charge on any atom is -0.396 e. The van der Waals surface area contributed by atoms with Gasteiger partial charge in [0, 0.05) is 18.6 Å². The molecule has 0 fully saturated rings. The largest absolute Gasteiger partial charge is 0.396 e. The van der Waals surface area contributed by atoms with E-state index in [4.69, 9.17) is 10.8 Å². The first-order valence-electron chi connectivity index (χ1n) is 4.15. The fourth-order valence-corrected chi connectivity index (χ4v) is 1.64. The molecule has 1 heterocycles. The molecule has 0 atom stereocenters. The van der Waals surface area contributed by atoms with Gasteiger partial charge in [0.1, 0.15) is 5.82 Å². The topological polar surface area (TPSA) is 72.0 Å². The van der Waals surface area contributed by atoms with Crippen molar-refractivity contribution in [2.75, 3.05) is 18.1 Å². The standard InChI is InChI=1S/C8H13N3OS/c9-7-3-4-10-8(11-7)13-6-2-1-5-12/h3-4,12H,1-2,5-6H2,(H2,9,10,11). The molecule has 3 N–H and O–H groups in total. The Balaban J connectivity index is 2.28. The molecule has 1 aromatic rings. The lowest BCUT2D eigenvalue weighted by Crippen LogP contribution is -1.94. The van der Waals surface area contributed by atoms with Crippen LogP contribution >= 0.6 is 11.8 Å². The molecular formula is C8H13N3OS. The number of nitrogens with zero attached hydrogens (tertiary/aromatic N) is 2. The van der Waals surface area contributed by atoms with Gasteiger partial charge in [0.25, 0.3) is 0 Å². The maximum Gasteiger partial charge on any atom is 0.189 e. The molecule has 0 bridgehead atoms. The summed E-state index contributed by atoms with van der Waals surface area (Å²) in [6.45, 7) is 0.248. The summed E-state index contributed by atoms with van der Waals surface area (Å²) in [4.78, 5) is 8.08. The highest BCUT2D eigenvalue weighted by atomic mass is 32.2. The van der Waals surface area contributed by atoms with Gasteiger partial charge in [-0.1, -0.05) is 11.8 Å². The van der Waals surface area contributed by atoms with Crippen LogP contribution in [0.2, 0.25) is 0 Å². The zero-order valence-electron chi connectivity index (χ0n) is 7.31. The molecule has 72 valence electrons. The Kier molecular flexibility index (Phi) is 4.56. The maximum absolute atomic E-state index is 8.55. The van der Waals surface area contributed by atoms with Crippen molar-refractivity contribution in [1.29, 1.82) is 0 Å². The zero-order chi connectivity index (χ0) is 9.52. The lowest BCUT2D eigenvalue weighted by Gasteiger charge is -1.99. The molecule has 0 aliphatic carbocycles. The first-order chi connectivity index (χ1) is 6.33. The Bertz CT molecular complexity index is 257. The Morgan fingerprint density at radius 2 is 2.31 bits per heavy atom. The van der Waals surface area contributed by atoms with E-state index in [2.05, 4.69) is 9.97 Å². The molecule has 4 nitrogen and oxygen atoms in total. The van der Waals surface area contributed by atoms with Crippen molar-refractivity contribution in [1.82, 2.24) is 9.97 Å². The van der Waals surface area contributed by atoms with E-state index in [0.717, 1.165) is 18.6 Å². The zero-order valence-corrected chi connectivity index (χ0v) is 8.13. The van der Waals surface area contributed by atoms with E-state index in [1.165, 1.54) is 0 Å². The van der Waals surface area contributed by atoms with Gasteiger partial charge in [-0.3, -0.25) is 0 Å². The van der Waals surface area contributed by atoms with E-state index in [-0.39, 0.29) is 6.61 Å². The number of rotatable bonds is 5.